The number of carbonyl (C=O) groups is 1. The van der Waals surface area contributed by atoms with Crippen molar-refractivity contribution in [1.29, 1.82) is 0 Å². The number of benzene rings is 1. The minimum atomic E-state index is -0.336. The fourth-order valence-electron chi connectivity index (χ4n) is 1.93. The van der Waals surface area contributed by atoms with Crippen molar-refractivity contribution in [2.24, 2.45) is 5.92 Å². The van der Waals surface area contributed by atoms with Gasteiger partial charge in [-0.15, -0.1) is 0 Å². The highest BCUT2D eigenvalue weighted by molar-refractivity contribution is 6.31. The van der Waals surface area contributed by atoms with E-state index in [2.05, 4.69) is 10.6 Å². The van der Waals surface area contributed by atoms with E-state index in [9.17, 15) is 9.18 Å². The van der Waals surface area contributed by atoms with Crippen LogP contribution in [0.3, 0.4) is 0 Å². The topological polar surface area (TPSA) is 41.1 Å². The van der Waals surface area contributed by atoms with Gasteiger partial charge in [0.15, 0.2) is 0 Å². The zero-order valence-electron chi connectivity index (χ0n) is 10.9. The van der Waals surface area contributed by atoms with Crippen LogP contribution >= 0.6 is 11.6 Å². The summed E-state index contributed by atoms with van der Waals surface area (Å²) in [7, 11) is 0. The summed E-state index contributed by atoms with van der Waals surface area (Å²) in [5, 5.41) is 6.55. The first-order valence-electron chi connectivity index (χ1n) is 6.54. The van der Waals surface area contributed by atoms with Crippen molar-refractivity contribution < 1.29 is 9.18 Å². The summed E-state index contributed by atoms with van der Waals surface area (Å²) in [5.41, 5.74) is 0.858. The van der Waals surface area contributed by atoms with Gasteiger partial charge in [0, 0.05) is 30.1 Å². The maximum Gasteiger partial charge on any atom is 0.223 e. The summed E-state index contributed by atoms with van der Waals surface area (Å²) >= 11 is 5.99. The Hall–Kier alpha value is -1.13. The highest BCUT2D eigenvalue weighted by atomic mass is 35.5. The smallest absolute Gasteiger partial charge is 0.223 e. The van der Waals surface area contributed by atoms with E-state index in [0.29, 0.717) is 18.1 Å². The van der Waals surface area contributed by atoms with Crippen molar-refractivity contribution in [2.45, 2.75) is 25.8 Å². The van der Waals surface area contributed by atoms with Gasteiger partial charge in [0.25, 0.3) is 0 Å². The summed E-state index contributed by atoms with van der Waals surface area (Å²) in [4.78, 5) is 11.4. The van der Waals surface area contributed by atoms with Crippen molar-refractivity contribution >= 4 is 17.5 Å². The van der Waals surface area contributed by atoms with Crippen molar-refractivity contribution in [1.82, 2.24) is 10.6 Å². The van der Waals surface area contributed by atoms with Gasteiger partial charge in [-0.2, -0.15) is 0 Å². The highest BCUT2D eigenvalue weighted by Crippen LogP contribution is 2.28. The molecule has 1 amide bonds. The van der Waals surface area contributed by atoms with E-state index in [0.717, 1.165) is 18.4 Å². The molecule has 0 spiro atoms. The minimum Gasteiger partial charge on any atom is -0.355 e. The Balaban J connectivity index is 1.74. The molecule has 0 bridgehead atoms. The zero-order valence-corrected chi connectivity index (χ0v) is 11.6. The number of rotatable bonds is 6. The lowest BCUT2D eigenvalue weighted by Gasteiger charge is -2.16. The molecule has 1 aliphatic rings. The number of hydrogen-bond donors (Lipinski definition) is 2. The average Bonchev–Trinajstić information content (AvgIpc) is 3.18. The number of amides is 1. The molecule has 2 N–H and O–H groups in total. The third-order valence-electron chi connectivity index (χ3n) is 3.25. The van der Waals surface area contributed by atoms with E-state index < -0.39 is 0 Å². The second kappa shape index (κ2) is 6.35. The van der Waals surface area contributed by atoms with Crippen LogP contribution in [0.4, 0.5) is 4.39 Å². The molecule has 1 aliphatic carbocycles. The molecule has 1 atom stereocenters. The average molecular weight is 285 g/mol. The van der Waals surface area contributed by atoms with Crippen LogP contribution in [0.1, 0.15) is 31.4 Å². The van der Waals surface area contributed by atoms with E-state index in [1.165, 1.54) is 12.1 Å². The van der Waals surface area contributed by atoms with Gasteiger partial charge in [0.05, 0.1) is 0 Å². The first-order valence-corrected chi connectivity index (χ1v) is 6.92. The number of nitrogens with one attached hydrogen (secondary N) is 2. The lowest BCUT2D eigenvalue weighted by Crippen LogP contribution is -2.33. The SMILES string of the molecule is CC(NCCNC(=O)C1CC1)c1ccc(F)cc1Cl. The van der Waals surface area contributed by atoms with E-state index >= 15 is 0 Å². The lowest BCUT2D eigenvalue weighted by atomic mass is 10.1. The van der Waals surface area contributed by atoms with Crippen LogP contribution in [0.5, 0.6) is 0 Å². The van der Waals surface area contributed by atoms with Crippen LogP contribution in [0, 0.1) is 11.7 Å². The molecular weight excluding hydrogens is 267 g/mol. The van der Waals surface area contributed by atoms with Crippen molar-refractivity contribution in [3.63, 3.8) is 0 Å². The normalized spacial score (nSPS) is 16.2. The largest absolute Gasteiger partial charge is 0.355 e. The van der Waals surface area contributed by atoms with Gasteiger partial charge in [-0.25, -0.2) is 4.39 Å². The predicted molar refractivity (Wildman–Crippen MR) is 73.6 cm³/mol. The molecule has 1 saturated carbocycles. The molecule has 1 unspecified atom stereocenters. The Morgan fingerprint density at radius 3 is 2.84 bits per heavy atom. The minimum absolute atomic E-state index is 0.0194. The van der Waals surface area contributed by atoms with Crippen LogP contribution in [0.25, 0.3) is 0 Å². The zero-order chi connectivity index (χ0) is 13.8. The van der Waals surface area contributed by atoms with Gasteiger partial charge in [-0.05, 0) is 37.5 Å². The standard InChI is InChI=1S/C14H18ClFN2O/c1-9(12-5-4-11(16)8-13(12)15)17-6-7-18-14(19)10-2-3-10/h4-5,8-10,17H,2-3,6-7H2,1H3,(H,18,19). The van der Waals surface area contributed by atoms with E-state index in [-0.39, 0.29) is 23.7 Å². The van der Waals surface area contributed by atoms with E-state index in [1.54, 1.807) is 6.07 Å². The van der Waals surface area contributed by atoms with Crippen LogP contribution in [0.15, 0.2) is 18.2 Å². The Bertz CT molecular complexity index is 463. The molecule has 0 radical (unpaired) electrons. The third kappa shape index (κ3) is 4.18. The molecule has 0 aliphatic heterocycles. The summed E-state index contributed by atoms with van der Waals surface area (Å²) < 4.78 is 12.9. The second-order valence-electron chi connectivity index (χ2n) is 4.91. The molecule has 1 fully saturated rings. The van der Waals surface area contributed by atoms with Gasteiger partial charge < -0.3 is 10.6 Å². The Morgan fingerprint density at radius 2 is 2.21 bits per heavy atom. The van der Waals surface area contributed by atoms with Gasteiger partial charge in [-0.1, -0.05) is 17.7 Å². The van der Waals surface area contributed by atoms with Gasteiger partial charge >= 0.3 is 0 Å². The molecule has 5 heteroatoms. The molecule has 0 saturated heterocycles. The Kier molecular flexibility index (Phi) is 4.77. The van der Waals surface area contributed by atoms with E-state index in [1.807, 2.05) is 6.92 Å². The number of carbonyl (C=O) groups excluding carboxylic acids is 1. The van der Waals surface area contributed by atoms with Crippen LogP contribution in [-0.2, 0) is 4.79 Å². The fourth-order valence-corrected chi connectivity index (χ4v) is 2.26. The molecular formula is C14H18ClFN2O. The quantitative estimate of drug-likeness (QED) is 0.789. The van der Waals surface area contributed by atoms with Gasteiger partial charge in [-0.3, -0.25) is 4.79 Å². The summed E-state index contributed by atoms with van der Waals surface area (Å²) in [6, 6.07) is 4.40. The Morgan fingerprint density at radius 1 is 1.47 bits per heavy atom. The summed E-state index contributed by atoms with van der Waals surface area (Å²) in [5.74, 6) is 0.0517. The van der Waals surface area contributed by atoms with Gasteiger partial charge in [0.1, 0.15) is 5.82 Å². The molecule has 1 aromatic rings. The molecule has 0 aromatic heterocycles. The monoisotopic (exact) mass is 284 g/mol. The molecule has 19 heavy (non-hydrogen) atoms. The molecule has 0 heterocycles. The maximum atomic E-state index is 12.9. The van der Waals surface area contributed by atoms with Crippen molar-refractivity contribution in [2.75, 3.05) is 13.1 Å². The fraction of sp³-hybridized carbons (Fsp3) is 0.500. The molecule has 3 nitrogen and oxygen atoms in total. The summed E-state index contributed by atoms with van der Waals surface area (Å²) in [6.07, 6.45) is 2.03. The van der Waals surface area contributed by atoms with E-state index in [4.69, 9.17) is 11.6 Å². The van der Waals surface area contributed by atoms with Crippen LogP contribution in [-0.4, -0.2) is 19.0 Å². The predicted octanol–water partition coefficient (Wildman–Crippen LogP) is 2.66. The van der Waals surface area contributed by atoms with Crippen molar-refractivity contribution in [3.8, 4) is 0 Å². The Labute approximate surface area is 117 Å². The van der Waals surface area contributed by atoms with Crippen LogP contribution < -0.4 is 10.6 Å². The highest BCUT2D eigenvalue weighted by Gasteiger charge is 2.28. The summed E-state index contributed by atoms with van der Waals surface area (Å²) in [6.45, 7) is 3.22. The maximum absolute atomic E-state index is 12.9. The van der Waals surface area contributed by atoms with Crippen molar-refractivity contribution in [3.05, 3.63) is 34.6 Å². The van der Waals surface area contributed by atoms with Crippen LogP contribution in [0.2, 0.25) is 5.02 Å². The molecule has 104 valence electrons. The molecule has 1 aromatic carbocycles. The first-order chi connectivity index (χ1) is 9.08. The molecule has 2 rings (SSSR count). The third-order valence-corrected chi connectivity index (χ3v) is 3.58. The number of halogens is 2. The lowest BCUT2D eigenvalue weighted by molar-refractivity contribution is -0.122. The van der Waals surface area contributed by atoms with Gasteiger partial charge in [0.2, 0.25) is 5.91 Å². The number of hydrogen-bond acceptors (Lipinski definition) is 2. The second-order valence-corrected chi connectivity index (χ2v) is 5.31. The first kappa shape index (κ1) is 14.3.